The van der Waals surface area contributed by atoms with E-state index in [1.165, 1.54) is 4.90 Å². The quantitative estimate of drug-likeness (QED) is 0.680. The van der Waals surface area contributed by atoms with E-state index >= 15 is 0 Å². The predicted molar refractivity (Wildman–Crippen MR) is 88.0 cm³/mol. The van der Waals surface area contributed by atoms with E-state index in [-0.39, 0.29) is 6.04 Å². The van der Waals surface area contributed by atoms with Crippen molar-refractivity contribution < 1.29 is 9.90 Å². The molecule has 0 saturated carbocycles. The third-order valence-corrected chi connectivity index (χ3v) is 4.76. The largest absolute Gasteiger partial charge is 0.465 e. The molecule has 0 bridgehead atoms. The number of benzene rings is 2. The van der Waals surface area contributed by atoms with E-state index in [1.807, 2.05) is 24.3 Å². The summed E-state index contributed by atoms with van der Waals surface area (Å²) in [5, 5.41) is 11.5. The van der Waals surface area contributed by atoms with Crippen LogP contribution in [-0.4, -0.2) is 32.6 Å². The van der Waals surface area contributed by atoms with Crippen molar-refractivity contribution in [1.29, 1.82) is 0 Å². The number of fused-ring (bicyclic) bond motifs is 3. The molecule has 5 nitrogen and oxygen atoms in total. The van der Waals surface area contributed by atoms with Crippen LogP contribution in [0.3, 0.4) is 0 Å². The third kappa shape index (κ3) is 2.06. The fraction of sp³-hybridized carbons (Fsp3) is 0.250. The number of amides is 1. The van der Waals surface area contributed by atoms with Crippen LogP contribution < -0.4 is 0 Å². The van der Waals surface area contributed by atoms with Crippen LogP contribution >= 0.6 is 15.9 Å². The summed E-state index contributed by atoms with van der Waals surface area (Å²) in [6.07, 6.45) is 0.814. The van der Waals surface area contributed by atoms with E-state index in [0.717, 1.165) is 44.9 Å². The van der Waals surface area contributed by atoms with Crippen molar-refractivity contribution >= 4 is 43.8 Å². The highest BCUT2D eigenvalue weighted by atomic mass is 79.9. The Labute approximate surface area is 135 Å². The normalized spacial score (nSPS) is 18.4. The second-order valence-corrected chi connectivity index (χ2v) is 6.50. The molecule has 3 aromatic rings. The van der Waals surface area contributed by atoms with Gasteiger partial charge in [0.2, 0.25) is 0 Å². The van der Waals surface area contributed by atoms with E-state index in [2.05, 4.69) is 32.0 Å². The van der Waals surface area contributed by atoms with Crippen molar-refractivity contribution in [2.75, 3.05) is 6.54 Å². The standard InChI is InChI=1S/C16H14BrN3O2/c17-10-4-5-11-9(8-10)3-6-12-14(11)19-15(18-12)13-2-1-7-20(13)16(21)22/h3-6,8,13H,1-2,7H2,(H,18,19)(H,21,22). The lowest BCUT2D eigenvalue weighted by molar-refractivity contribution is 0.139. The van der Waals surface area contributed by atoms with Gasteiger partial charge in [0.1, 0.15) is 5.82 Å². The molecule has 1 atom stereocenters. The monoisotopic (exact) mass is 359 g/mol. The van der Waals surface area contributed by atoms with Crippen molar-refractivity contribution in [1.82, 2.24) is 14.9 Å². The van der Waals surface area contributed by atoms with E-state index in [9.17, 15) is 9.90 Å². The minimum Gasteiger partial charge on any atom is -0.465 e. The Kier molecular flexibility index (Phi) is 3.07. The number of carboxylic acid groups (broad SMARTS) is 1. The average Bonchev–Trinajstić information content (AvgIpc) is 3.12. The molecule has 1 aliphatic heterocycles. The molecule has 1 fully saturated rings. The van der Waals surface area contributed by atoms with Crippen LogP contribution in [0.5, 0.6) is 0 Å². The third-order valence-electron chi connectivity index (χ3n) is 4.27. The van der Waals surface area contributed by atoms with E-state index < -0.39 is 6.09 Å². The number of imidazole rings is 1. The lowest BCUT2D eigenvalue weighted by atomic mass is 10.1. The fourth-order valence-corrected chi connectivity index (χ4v) is 3.62. The van der Waals surface area contributed by atoms with Crippen molar-refractivity contribution in [3.8, 4) is 0 Å². The van der Waals surface area contributed by atoms with E-state index in [1.54, 1.807) is 0 Å². The summed E-state index contributed by atoms with van der Waals surface area (Å²) in [5.41, 5.74) is 1.85. The van der Waals surface area contributed by atoms with Crippen molar-refractivity contribution in [2.24, 2.45) is 0 Å². The molecule has 112 valence electrons. The van der Waals surface area contributed by atoms with Crippen LogP contribution in [0.25, 0.3) is 21.8 Å². The molecule has 1 saturated heterocycles. The van der Waals surface area contributed by atoms with Gasteiger partial charge in [0.05, 0.1) is 17.1 Å². The van der Waals surface area contributed by atoms with Crippen LogP contribution in [-0.2, 0) is 0 Å². The molecule has 0 spiro atoms. The summed E-state index contributed by atoms with van der Waals surface area (Å²) in [6.45, 7) is 0.574. The van der Waals surface area contributed by atoms with Gasteiger partial charge >= 0.3 is 6.09 Å². The smallest absolute Gasteiger partial charge is 0.407 e. The molecule has 0 aliphatic carbocycles. The number of nitrogens with zero attached hydrogens (tertiary/aromatic N) is 2. The van der Waals surface area contributed by atoms with E-state index in [4.69, 9.17) is 0 Å². The Bertz CT molecular complexity index is 890. The van der Waals surface area contributed by atoms with Crippen LogP contribution in [0.2, 0.25) is 0 Å². The molecule has 1 aromatic heterocycles. The summed E-state index contributed by atoms with van der Waals surface area (Å²) in [5.74, 6) is 0.741. The van der Waals surface area contributed by atoms with Gasteiger partial charge in [-0.15, -0.1) is 0 Å². The molecule has 0 radical (unpaired) electrons. The van der Waals surface area contributed by atoms with Crippen LogP contribution in [0.1, 0.15) is 24.7 Å². The molecule has 2 heterocycles. The molecule has 2 aromatic carbocycles. The number of rotatable bonds is 1. The molecule has 4 rings (SSSR count). The molecule has 1 unspecified atom stereocenters. The van der Waals surface area contributed by atoms with Crippen molar-refractivity contribution in [3.63, 3.8) is 0 Å². The van der Waals surface area contributed by atoms with Crippen molar-refractivity contribution in [3.05, 3.63) is 40.6 Å². The maximum Gasteiger partial charge on any atom is 0.407 e. The highest BCUT2D eigenvalue weighted by Crippen LogP contribution is 2.33. The highest BCUT2D eigenvalue weighted by Gasteiger charge is 2.32. The van der Waals surface area contributed by atoms with Gasteiger partial charge in [0, 0.05) is 16.4 Å². The Balaban J connectivity index is 1.87. The second-order valence-electron chi connectivity index (χ2n) is 5.58. The topological polar surface area (TPSA) is 69.2 Å². The van der Waals surface area contributed by atoms with Gasteiger partial charge in [-0.05, 0) is 36.4 Å². The predicted octanol–water partition coefficient (Wildman–Crippen LogP) is 4.29. The number of halogens is 1. The summed E-state index contributed by atoms with van der Waals surface area (Å²) in [7, 11) is 0. The average molecular weight is 360 g/mol. The Hall–Kier alpha value is -2.08. The van der Waals surface area contributed by atoms with Gasteiger partial charge in [-0.25, -0.2) is 9.78 Å². The minimum atomic E-state index is -0.878. The number of carbonyl (C=O) groups is 1. The van der Waals surface area contributed by atoms with Gasteiger partial charge in [-0.3, -0.25) is 4.90 Å². The van der Waals surface area contributed by atoms with Crippen molar-refractivity contribution in [2.45, 2.75) is 18.9 Å². The first-order chi connectivity index (χ1) is 10.6. The second kappa shape index (κ2) is 4.98. The summed E-state index contributed by atoms with van der Waals surface area (Å²) < 4.78 is 1.03. The first-order valence-electron chi connectivity index (χ1n) is 7.21. The molecule has 2 N–H and O–H groups in total. The van der Waals surface area contributed by atoms with Gasteiger partial charge in [-0.1, -0.05) is 28.1 Å². The molecule has 6 heteroatoms. The number of aromatic amines is 1. The van der Waals surface area contributed by atoms with Gasteiger partial charge in [-0.2, -0.15) is 0 Å². The molecule has 1 amide bonds. The first-order valence-corrected chi connectivity index (χ1v) is 8.00. The molecular formula is C16H14BrN3O2. The van der Waals surface area contributed by atoms with Crippen LogP contribution in [0.15, 0.2) is 34.8 Å². The zero-order chi connectivity index (χ0) is 15.3. The number of hydrogen-bond donors (Lipinski definition) is 2. The Morgan fingerprint density at radius 1 is 1.36 bits per heavy atom. The molecule has 22 heavy (non-hydrogen) atoms. The highest BCUT2D eigenvalue weighted by molar-refractivity contribution is 9.10. The van der Waals surface area contributed by atoms with Gasteiger partial charge in [0.15, 0.2) is 0 Å². The number of hydrogen-bond acceptors (Lipinski definition) is 2. The fourth-order valence-electron chi connectivity index (χ4n) is 3.24. The lowest BCUT2D eigenvalue weighted by Gasteiger charge is -2.19. The van der Waals surface area contributed by atoms with Crippen LogP contribution in [0, 0.1) is 0 Å². The lowest BCUT2D eigenvalue weighted by Crippen LogP contribution is -2.29. The number of H-pyrrole nitrogens is 1. The summed E-state index contributed by atoms with van der Waals surface area (Å²) in [6, 6.07) is 9.96. The minimum absolute atomic E-state index is 0.171. The number of nitrogens with one attached hydrogen (secondary N) is 1. The number of likely N-dealkylation sites (tertiary alicyclic amines) is 1. The SMILES string of the molecule is O=C(O)N1CCCC1c1nc2ccc3cc(Br)ccc3c2[nH]1. The zero-order valence-corrected chi connectivity index (χ0v) is 13.3. The first kappa shape index (κ1) is 13.6. The maximum atomic E-state index is 11.3. The van der Waals surface area contributed by atoms with E-state index in [0.29, 0.717) is 6.54 Å². The molecule has 1 aliphatic rings. The summed E-state index contributed by atoms with van der Waals surface area (Å²) >= 11 is 3.48. The maximum absolute atomic E-state index is 11.3. The Morgan fingerprint density at radius 2 is 2.23 bits per heavy atom. The van der Waals surface area contributed by atoms with Gasteiger partial charge in [0.25, 0.3) is 0 Å². The zero-order valence-electron chi connectivity index (χ0n) is 11.7. The van der Waals surface area contributed by atoms with Gasteiger partial charge < -0.3 is 10.1 Å². The Morgan fingerprint density at radius 3 is 3.05 bits per heavy atom. The molecular weight excluding hydrogens is 346 g/mol. The van der Waals surface area contributed by atoms with Crippen LogP contribution in [0.4, 0.5) is 4.79 Å². The number of aromatic nitrogens is 2. The summed E-state index contributed by atoms with van der Waals surface area (Å²) in [4.78, 5) is 20.8.